The lowest BCUT2D eigenvalue weighted by Crippen LogP contribution is -2.36. The van der Waals surface area contributed by atoms with Gasteiger partial charge in [-0.1, -0.05) is 12.1 Å². The third kappa shape index (κ3) is 5.00. The molecule has 4 rings (SSSR count). The summed E-state index contributed by atoms with van der Waals surface area (Å²) in [5.74, 6) is 3.31. The first-order valence-electron chi connectivity index (χ1n) is 9.81. The van der Waals surface area contributed by atoms with Crippen molar-refractivity contribution in [1.82, 2.24) is 15.0 Å². The van der Waals surface area contributed by atoms with Gasteiger partial charge in [0.15, 0.2) is 5.82 Å². The second kappa shape index (κ2) is 9.34. The lowest BCUT2D eigenvalue weighted by molar-refractivity contribution is 0.122. The Morgan fingerprint density at radius 3 is 2.59 bits per heavy atom. The quantitative estimate of drug-likeness (QED) is 0.664. The van der Waals surface area contributed by atoms with Crippen LogP contribution in [0.3, 0.4) is 0 Å². The van der Waals surface area contributed by atoms with Gasteiger partial charge in [-0.2, -0.15) is 0 Å². The van der Waals surface area contributed by atoms with E-state index in [4.69, 9.17) is 9.47 Å². The number of morpholine rings is 1. The molecular weight excluding hydrogens is 366 g/mol. The largest absolute Gasteiger partial charge is 0.497 e. The molecule has 0 bridgehead atoms. The highest BCUT2D eigenvalue weighted by atomic mass is 16.5. The molecule has 0 amide bonds. The van der Waals surface area contributed by atoms with Crippen molar-refractivity contribution in [3.8, 4) is 17.1 Å². The molecule has 3 heterocycles. The number of anilines is 2. The van der Waals surface area contributed by atoms with Gasteiger partial charge in [-0.3, -0.25) is 0 Å². The number of nitrogens with one attached hydrogen (secondary N) is 1. The Labute approximate surface area is 170 Å². The van der Waals surface area contributed by atoms with Crippen LogP contribution in [0.15, 0.2) is 54.9 Å². The third-order valence-electron chi connectivity index (χ3n) is 4.88. The molecule has 0 saturated carbocycles. The van der Waals surface area contributed by atoms with Crippen LogP contribution < -0.4 is 15.0 Å². The predicted octanol–water partition coefficient (Wildman–Crippen LogP) is 3.04. The minimum Gasteiger partial charge on any atom is -0.497 e. The number of hydrogen-bond acceptors (Lipinski definition) is 7. The number of ether oxygens (including phenoxy) is 2. The van der Waals surface area contributed by atoms with E-state index in [9.17, 15) is 0 Å². The van der Waals surface area contributed by atoms with E-state index in [-0.39, 0.29) is 0 Å². The second-order valence-corrected chi connectivity index (χ2v) is 6.79. The van der Waals surface area contributed by atoms with Gasteiger partial charge in [0.2, 0.25) is 0 Å². The predicted molar refractivity (Wildman–Crippen MR) is 113 cm³/mol. The topological polar surface area (TPSA) is 72.4 Å². The maximum Gasteiger partial charge on any atom is 0.163 e. The molecule has 1 N–H and O–H groups in total. The summed E-state index contributed by atoms with van der Waals surface area (Å²) in [6.45, 7) is 4.03. The lowest BCUT2D eigenvalue weighted by atomic mass is 10.1. The van der Waals surface area contributed by atoms with E-state index in [0.29, 0.717) is 5.82 Å². The van der Waals surface area contributed by atoms with Crippen molar-refractivity contribution in [3.63, 3.8) is 0 Å². The van der Waals surface area contributed by atoms with Crippen molar-refractivity contribution >= 4 is 11.6 Å². The van der Waals surface area contributed by atoms with Crippen LogP contribution in [0.1, 0.15) is 5.56 Å². The molecule has 3 aromatic rings. The van der Waals surface area contributed by atoms with Crippen LogP contribution in [-0.4, -0.2) is 54.9 Å². The first-order valence-corrected chi connectivity index (χ1v) is 9.81. The van der Waals surface area contributed by atoms with E-state index in [1.165, 1.54) is 5.56 Å². The smallest absolute Gasteiger partial charge is 0.163 e. The zero-order valence-electron chi connectivity index (χ0n) is 16.5. The van der Waals surface area contributed by atoms with Crippen LogP contribution in [0, 0.1) is 0 Å². The van der Waals surface area contributed by atoms with Gasteiger partial charge in [0.05, 0.1) is 20.3 Å². The summed E-state index contributed by atoms with van der Waals surface area (Å²) in [5, 5.41) is 3.37. The lowest BCUT2D eigenvalue weighted by Gasteiger charge is -2.27. The average Bonchev–Trinajstić information content (AvgIpc) is 2.80. The molecule has 7 nitrogen and oxygen atoms in total. The molecule has 0 aliphatic carbocycles. The molecule has 0 spiro atoms. The van der Waals surface area contributed by atoms with Gasteiger partial charge in [0, 0.05) is 37.6 Å². The van der Waals surface area contributed by atoms with E-state index in [0.717, 1.165) is 62.2 Å². The SMILES string of the molecule is COc1ccc(CCNc2ccnc(-c3ccc(N4CCOCC4)nc3)n2)cc1. The molecule has 0 unspecified atom stereocenters. The normalized spacial score (nSPS) is 13.9. The van der Waals surface area contributed by atoms with Crippen LogP contribution in [-0.2, 0) is 11.2 Å². The van der Waals surface area contributed by atoms with Crippen molar-refractivity contribution in [3.05, 3.63) is 60.4 Å². The van der Waals surface area contributed by atoms with Crippen molar-refractivity contribution < 1.29 is 9.47 Å². The number of nitrogens with zero attached hydrogens (tertiary/aromatic N) is 4. The van der Waals surface area contributed by atoms with E-state index in [1.807, 2.05) is 36.5 Å². The summed E-state index contributed by atoms with van der Waals surface area (Å²) in [6, 6.07) is 14.0. The standard InChI is InChI=1S/C22H25N5O2/c1-28-19-5-2-17(3-6-19)8-10-23-20-9-11-24-22(26-20)18-4-7-21(25-16-18)27-12-14-29-15-13-27/h2-7,9,11,16H,8,10,12-15H2,1H3,(H,23,24,26). The van der Waals surface area contributed by atoms with Crippen LogP contribution >= 0.6 is 0 Å². The van der Waals surface area contributed by atoms with Crippen LogP contribution in [0.5, 0.6) is 5.75 Å². The highest BCUT2D eigenvalue weighted by molar-refractivity contribution is 5.58. The minimum absolute atomic E-state index is 0.667. The fraction of sp³-hybridized carbons (Fsp3) is 0.318. The van der Waals surface area contributed by atoms with Gasteiger partial charge in [0.25, 0.3) is 0 Å². The molecule has 1 aliphatic rings. The first kappa shape index (κ1) is 19.1. The highest BCUT2D eigenvalue weighted by Gasteiger charge is 2.12. The zero-order chi connectivity index (χ0) is 19.9. The van der Waals surface area contributed by atoms with Crippen LogP contribution in [0.2, 0.25) is 0 Å². The average molecular weight is 391 g/mol. The Kier molecular flexibility index (Phi) is 6.16. The summed E-state index contributed by atoms with van der Waals surface area (Å²) in [4.78, 5) is 15.8. The number of methoxy groups -OCH3 is 1. The summed E-state index contributed by atoms with van der Waals surface area (Å²) in [7, 11) is 1.68. The van der Waals surface area contributed by atoms with Crippen LogP contribution in [0.25, 0.3) is 11.4 Å². The van der Waals surface area contributed by atoms with Gasteiger partial charge in [-0.05, 0) is 42.3 Å². The van der Waals surface area contributed by atoms with Gasteiger partial charge in [0.1, 0.15) is 17.4 Å². The molecule has 0 atom stereocenters. The maximum absolute atomic E-state index is 5.40. The molecule has 2 aromatic heterocycles. The Morgan fingerprint density at radius 2 is 1.86 bits per heavy atom. The fourth-order valence-electron chi connectivity index (χ4n) is 3.22. The highest BCUT2D eigenvalue weighted by Crippen LogP contribution is 2.19. The monoisotopic (exact) mass is 391 g/mol. The van der Waals surface area contributed by atoms with Crippen molar-refractivity contribution in [2.45, 2.75) is 6.42 Å². The number of benzene rings is 1. The number of rotatable bonds is 7. The number of hydrogen-bond donors (Lipinski definition) is 1. The molecule has 1 saturated heterocycles. The van der Waals surface area contributed by atoms with Gasteiger partial charge < -0.3 is 19.7 Å². The van der Waals surface area contributed by atoms with Crippen molar-refractivity contribution in [2.24, 2.45) is 0 Å². The number of pyridine rings is 1. The summed E-state index contributed by atoms with van der Waals surface area (Å²) in [5.41, 5.74) is 2.15. The summed E-state index contributed by atoms with van der Waals surface area (Å²) < 4.78 is 10.6. The van der Waals surface area contributed by atoms with Crippen molar-refractivity contribution in [1.29, 1.82) is 0 Å². The Balaban J connectivity index is 1.36. The zero-order valence-corrected chi connectivity index (χ0v) is 16.5. The van der Waals surface area contributed by atoms with Gasteiger partial charge in [-0.25, -0.2) is 15.0 Å². The molecule has 29 heavy (non-hydrogen) atoms. The maximum atomic E-state index is 5.40. The summed E-state index contributed by atoms with van der Waals surface area (Å²) in [6.07, 6.45) is 4.51. The molecule has 150 valence electrons. The van der Waals surface area contributed by atoms with Crippen LogP contribution in [0.4, 0.5) is 11.6 Å². The molecule has 1 aliphatic heterocycles. The van der Waals surface area contributed by atoms with Gasteiger partial charge >= 0.3 is 0 Å². The van der Waals surface area contributed by atoms with E-state index < -0.39 is 0 Å². The van der Waals surface area contributed by atoms with E-state index in [1.54, 1.807) is 13.3 Å². The van der Waals surface area contributed by atoms with Crippen molar-refractivity contribution in [2.75, 3.05) is 50.2 Å². The molecule has 0 radical (unpaired) electrons. The minimum atomic E-state index is 0.667. The van der Waals surface area contributed by atoms with Gasteiger partial charge in [-0.15, -0.1) is 0 Å². The third-order valence-corrected chi connectivity index (χ3v) is 4.88. The first-order chi connectivity index (χ1) is 14.3. The van der Waals surface area contributed by atoms with E-state index >= 15 is 0 Å². The Morgan fingerprint density at radius 1 is 1.03 bits per heavy atom. The Bertz CT molecular complexity index is 909. The fourth-order valence-corrected chi connectivity index (χ4v) is 3.22. The summed E-state index contributed by atoms with van der Waals surface area (Å²) >= 11 is 0. The number of aromatic nitrogens is 3. The second-order valence-electron chi connectivity index (χ2n) is 6.79. The molecule has 7 heteroatoms. The molecule has 1 aromatic carbocycles. The Hall–Kier alpha value is -3.19. The molecule has 1 fully saturated rings. The molecular formula is C22H25N5O2. The van der Waals surface area contributed by atoms with E-state index in [2.05, 4.69) is 37.3 Å².